The molecule has 1 fully saturated rings. The summed E-state index contributed by atoms with van der Waals surface area (Å²) in [6.07, 6.45) is 2.08. The largest absolute Gasteiger partial charge is 0.497 e. The van der Waals surface area contributed by atoms with Crippen LogP contribution in [0.3, 0.4) is 0 Å². The summed E-state index contributed by atoms with van der Waals surface area (Å²) < 4.78 is 59.8. The van der Waals surface area contributed by atoms with Crippen LogP contribution in [-0.4, -0.2) is 40.1 Å². The van der Waals surface area contributed by atoms with Crippen molar-refractivity contribution in [2.45, 2.75) is 23.8 Å². The molecule has 1 aliphatic rings. The van der Waals surface area contributed by atoms with Crippen molar-refractivity contribution < 1.29 is 21.9 Å². The first-order valence-corrected chi connectivity index (χ1v) is 10.2. The monoisotopic (exact) mass is 396 g/mol. The first kappa shape index (κ1) is 19.7. The Morgan fingerprint density at radius 3 is 2.56 bits per heavy atom. The lowest BCUT2D eigenvalue weighted by Crippen LogP contribution is -2.37. The number of halogens is 2. The molecule has 3 rings (SSSR count). The van der Waals surface area contributed by atoms with Crippen LogP contribution in [0.2, 0.25) is 0 Å². The molecule has 5 nitrogen and oxygen atoms in total. The number of sulfonamides is 1. The molecule has 0 saturated carbocycles. The van der Waals surface area contributed by atoms with Gasteiger partial charge in [0.1, 0.15) is 22.3 Å². The predicted molar refractivity (Wildman–Crippen MR) is 98.1 cm³/mol. The van der Waals surface area contributed by atoms with Crippen LogP contribution in [0.25, 0.3) is 0 Å². The Balaban J connectivity index is 1.83. The molecule has 0 bridgehead atoms. The lowest BCUT2D eigenvalue weighted by Gasteiger charge is -2.28. The van der Waals surface area contributed by atoms with Crippen LogP contribution >= 0.6 is 0 Å². The number of methoxy groups -OCH3 is 1. The van der Waals surface area contributed by atoms with Gasteiger partial charge in [0, 0.05) is 18.7 Å². The van der Waals surface area contributed by atoms with Crippen LogP contribution in [0.4, 0.5) is 8.78 Å². The van der Waals surface area contributed by atoms with Crippen LogP contribution in [0.5, 0.6) is 5.75 Å². The zero-order valence-corrected chi connectivity index (χ0v) is 15.8. The van der Waals surface area contributed by atoms with Crippen molar-refractivity contribution in [2.24, 2.45) is 0 Å². The Morgan fingerprint density at radius 2 is 1.89 bits per heavy atom. The highest BCUT2D eigenvalue weighted by atomic mass is 32.2. The Bertz CT molecular complexity index is 900. The van der Waals surface area contributed by atoms with Gasteiger partial charge in [0.2, 0.25) is 10.0 Å². The number of likely N-dealkylation sites (tertiary alicyclic amines) is 1. The molecule has 1 saturated heterocycles. The molecule has 8 heteroatoms. The molecule has 146 valence electrons. The van der Waals surface area contributed by atoms with Gasteiger partial charge in [-0.2, -0.15) is 0 Å². The number of benzene rings is 2. The third-order valence-electron chi connectivity index (χ3n) is 4.71. The third-order valence-corrected chi connectivity index (χ3v) is 6.17. The van der Waals surface area contributed by atoms with Crippen molar-refractivity contribution in [1.29, 1.82) is 0 Å². The van der Waals surface area contributed by atoms with Gasteiger partial charge in [0.15, 0.2) is 0 Å². The molecule has 2 aromatic rings. The Labute approximate surface area is 158 Å². The minimum Gasteiger partial charge on any atom is -0.497 e. The van der Waals surface area contributed by atoms with Crippen molar-refractivity contribution >= 4 is 10.0 Å². The van der Waals surface area contributed by atoms with E-state index < -0.39 is 26.6 Å². The van der Waals surface area contributed by atoms with Gasteiger partial charge in [-0.05, 0) is 55.8 Å². The van der Waals surface area contributed by atoms with E-state index in [4.69, 9.17) is 4.74 Å². The molecule has 0 aliphatic carbocycles. The van der Waals surface area contributed by atoms with Gasteiger partial charge in [-0.1, -0.05) is 12.1 Å². The number of hydrogen-bond acceptors (Lipinski definition) is 4. The van der Waals surface area contributed by atoms with E-state index >= 15 is 0 Å². The maximum atomic E-state index is 13.9. The Kier molecular flexibility index (Phi) is 6.08. The normalized spacial score (nSPS) is 16.4. The summed E-state index contributed by atoms with van der Waals surface area (Å²) in [5.74, 6) is -1.25. The summed E-state index contributed by atoms with van der Waals surface area (Å²) in [4.78, 5) is 1.63. The molecule has 0 spiro atoms. The molecular formula is C19H22F2N2O3S. The van der Waals surface area contributed by atoms with E-state index in [2.05, 4.69) is 9.62 Å². The molecule has 1 N–H and O–H groups in total. The maximum Gasteiger partial charge on any atom is 0.243 e. The molecule has 0 aromatic heterocycles. The average molecular weight is 396 g/mol. The van der Waals surface area contributed by atoms with Gasteiger partial charge >= 0.3 is 0 Å². The topological polar surface area (TPSA) is 58.6 Å². The van der Waals surface area contributed by atoms with Crippen LogP contribution in [0.1, 0.15) is 24.4 Å². The number of ether oxygens (including phenoxy) is 1. The predicted octanol–water partition coefficient (Wildman–Crippen LogP) is 3.09. The summed E-state index contributed by atoms with van der Waals surface area (Å²) in [5.41, 5.74) is 0.915. The first-order chi connectivity index (χ1) is 12.9. The van der Waals surface area contributed by atoms with E-state index in [1.54, 1.807) is 7.11 Å². The third kappa shape index (κ3) is 4.63. The van der Waals surface area contributed by atoms with Crippen LogP contribution in [-0.2, 0) is 10.0 Å². The molecular weight excluding hydrogens is 374 g/mol. The van der Waals surface area contributed by atoms with Crippen LogP contribution in [0.15, 0.2) is 47.4 Å². The van der Waals surface area contributed by atoms with Crippen molar-refractivity contribution in [3.8, 4) is 5.75 Å². The second-order valence-corrected chi connectivity index (χ2v) is 8.20. The minimum absolute atomic E-state index is 0.0757. The fourth-order valence-electron chi connectivity index (χ4n) is 3.32. The summed E-state index contributed by atoms with van der Waals surface area (Å²) in [6.45, 7) is 1.79. The molecule has 1 atom stereocenters. The quantitative estimate of drug-likeness (QED) is 0.781. The van der Waals surface area contributed by atoms with Crippen LogP contribution < -0.4 is 9.46 Å². The Hall–Kier alpha value is -2.03. The molecule has 0 radical (unpaired) electrons. The summed E-state index contributed by atoms with van der Waals surface area (Å²) in [6, 6.07) is 9.68. The first-order valence-electron chi connectivity index (χ1n) is 8.73. The zero-order valence-electron chi connectivity index (χ0n) is 15.0. The zero-order chi connectivity index (χ0) is 19.4. The standard InChI is InChI=1S/C19H22F2N2O3S/c1-26-16-6-4-5-14(11-16)18(23-9-2-3-10-23)13-22-27(24,25)19-8-7-15(20)12-17(19)21/h4-8,11-12,18,22H,2-3,9-10,13H2,1H3. The van der Waals surface area contributed by atoms with E-state index in [1.807, 2.05) is 24.3 Å². The SMILES string of the molecule is COc1cccc(C(CNS(=O)(=O)c2ccc(F)cc2F)N2CCCC2)c1. The van der Waals surface area contributed by atoms with Gasteiger partial charge in [-0.3, -0.25) is 4.90 Å². The number of rotatable bonds is 7. The van der Waals surface area contributed by atoms with Crippen molar-refractivity contribution in [1.82, 2.24) is 9.62 Å². The molecule has 2 aromatic carbocycles. The van der Waals surface area contributed by atoms with E-state index in [0.717, 1.165) is 43.6 Å². The van der Waals surface area contributed by atoms with Gasteiger partial charge in [0.05, 0.1) is 7.11 Å². The highest BCUT2D eigenvalue weighted by molar-refractivity contribution is 7.89. The van der Waals surface area contributed by atoms with E-state index in [1.165, 1.54) is 0 Å². The summed E-state index contributed by atoms with van der Waals surface area (Å²) in [5, 5.41) is 0. The number of hydrogen-bond donors (Lipinski definition) is 1. The van der Waals surface area contributed by atoms with Crippen molar-refractivity contribution in [3.63, 3.8) is 0 Å². The molecule has 27 heavy (non-hydrogen) atoms. The number of nitrogens with zero attached hydrogens (tertiary/aromatic N) is 1. The van der Waals surface area contributed by atoms with Gasteiger partial charge in [0.25, 0.3) is 0 Å². The second-order valence-electron chi connectivity index (χ2n) is 6.46. The Morgan fingerprint density at radius 1 is 1.15 bits per heavy atom. The summed E-state index contributed by atoms with van der Waals surface area (Å²) >= 11 is 0. The molecule has 0 amide bonds. The second kappa shape index (κ2) is 8.33. The highest BCUT2D eigenvalue weighted by Crippen LogP contribution is 2.27. The fourth-order valence-corrected chi connectivity index (χ4v) is 4.41. The average Bonchev–Trinajstić information content (AvgIpc) is 3.16. The lowest BCUT2D eigenvalue weighted by molar-refractivity contribution is 0.246. The fraction of sp³-hybridized carbons (Fsp3) is 0.368. The minimum atomic E-state index is -4.11. The number of nitrogens with one attached hydrogen (secondary N) is 1. The van der Waals surface area contributed by atoms with Gasteiger partial charge < -0.3 is 4.74 Å². The van der Waals surface area contributed by atoms with Gasteiger partial charge in [-0.25, -0.2) is 21.9 Å². The van der Waals surface area contributed by atoms with Gasteiger partial charge in [-0.15, -0.1) is 0 Å². The van der Waals surface area contributed by atoms with Crippen molar-refractivity contribution in [2.75, 3.05) is 26.7 Å². The smallest absolute Gasteiger partial charge is 0.243 e. The summed E-state index contributed by atoms with van der Waals surface area (Å²) in [7, 11) is -2.53. The molecule has 1 unspecified atom stereocenters. The van der Waals surface area contributed by atoms with E-state index in [0.29, 0.717) is 11.8 Å². The van der Waals surface area contributed by atoms with Crippen molar-refractivity contribution in [3.05, 3.63) is 59.7 Å². The molecule has 1 heterocycles. The van der Waals surface area contributed by atoms with E-state index in [-0.39, 0.29) is 12.6 Å². The molecule has 1 aliphatic heterocycles. The highest BCUT2D eigenvalue weighted by Gasteiger charge is 2.27. The maximum absolute atomic E-state index is 13.9. The van der Waals surface area contributed by atoms with E-state index in [9.17, 15) is 17.2 Å². The van der Waals surface area contributed by atoms with Crippen LogP contribution in [0, 0.1) is 11.6 Å². The lowest BCUT2D eigenvalue weighted by atomic mass is 10.1.